The Balaban J connectivity index is 1.37. The molecule has 2 aromatic carbocycles. The Morgan fingerprint density at radius 2 is 1.85 bits per heavy atom. The number of aromatic nitrogens is 4. The smallest absolute Gasteiger partial charge is 0.227 e. The van der Waals surface area contributed by atoms with Crippen LogP contribution in [0.15, 0.2) is 67.1 Å². The molecule has 0 amide bonds. The number of nitrogens with zero attached hydrogens (tertiary/aromatic N) is 5. The first kappa shape index (κ1) is 21.0. The Bertz CT molecular complexity index is 1220. The number of benzene rings is 2. The number of halogens is 2. The van der Waals surface area contributed by atoms with Crippen LogP contribution < -0.4 is 10.2 Å². The Kier molecular flexibility index (Phi) is 5.95. The highest BCUT2D eigenvalue weighted by molar-refractivity contribution is 5.68. The lowest BCUT2D eigenvalue weighted by Gasteiger charge is -2.29. The highest BCUT2D eigenvalue weighted by Gasteiger charge is 2.16. The summed E-state index contributed by atoms with van der Waals surface area (Å²) in [5.74, 6) is -0.841. The van der Waals surface area contributed by atoms with Crippen LogP contribution in [0.3, 0.4) is 0 Å². The molecule has 0 radical (unpaired) electrons. The Labute approximate surface area is 189 Å². The molecule has 1 fully saturated rings. The Morgan fingerprint density at radius 3 is 2.61 bits per heavy atom. The molecule has 1 saturated heterocycles. The second-order valence-electron chi connectivity index (χ2n) is 7.71. The van der Waals surface area contributed by atoms with E-state index in [1.165, 1.54) is 12.1 Å². The summed E-state index contributed by atoms with van der Waals surface area (Å²) in [5.41, 5.74) is 2.91. The van der Waals surface area contributed by atoms with Crippen molar-refractivity contribution in [3.05, 3.63) is 84.3 Å². The lowest BCUT2D eigenvalue weighted by atomic mass is 10.1. The minimum absolute atomic E-state index is 0.0387. The van der Waals surface area contributed by atoms with E-state index in [-0.39, 0.29) is 11.6 Å². The summed E-state index contributed by atoms with van der Waals surface area (Å²) in [6.07, 6.45) is 4.73. The second kappa shape index (κ2) is 9.33. The van der Waals surface area contributed by atoms with Gasteiger partial charge < -0.3 is 15.0 Å². The van der Waals surface area contributed by atoms with Gasteiger partial charge in [0, 0.05) is 42.4 Å². The maximum absolute atomic E-state index is 14.6. The van der Waals surface area contributed by atoms with Gasteiger partial charge in [0.15, 0.2) is 5.82 Å². The van der Waals surface area contributed by atoms with E-state index in [2.05, 4.69) is 20.4 Å². The molecular formula is C24H22F2N6O. The zero-order valence-electron chi connectivity index (χ0n) is 17.8. The molecule has 0 atom stereocenters. The van der Waals surface area contributed by atoms with Crippen molar-refractivity contribution in [2.45, 2.75) is 6.54 Å². The minimum Gasteiger partial charge on any atom is -0.378 e. The van der Waals surface area contributed by atoms with E-state index in [1.807, 2.05) is 46.1 Å². The number of nitrogens with one attached hydrogen (secondary N) is 1. The molecule has 0 bridgehead atoms. The summed E-state index contributed by atoms with van der Waals surface area (Å²) in [4.78, 5) is 10.4. The van der Waals surface area contributed by atoms with Crippen molar-refractivity contribution in [3.63, 3.8) is 0 Å². The van der Waals surface area contributed by atoms with Crippen LogP contribution in [-0.2, 0) is 11.3 Å². The molecule has 9 heteroatoms. The van der Waals surface area contributed by atoms with Gasteiger partial charge in [-0.25, -0.2) is 18.7 Å². The maximum atomic E-state index is 14.6. The van der Waals surface area contributed by atoms with Gasteiger partial charge in [-0.2, -0.15) is 5.10 Å². The second-order valence-corrected chi connectivity index (χ2v) is 7.71. The van der Waals surface area contributed by atoms with E-state index in [9.17, 15) is 8.78 Å². The van der Waals surface area contributed by atoms with Crippen LogP contribution in [0, 0.1) is 11.6 Å². The van der Waals surface area contributed by atoms with E-state index in [1.54, 1.807) is 12.3 Å². The molecule has 1 aliphatic heterocycles. The average Bonchev–Trinajstić information content (AvgIpc) is 3.35. The summed E-state index contributed by atoms with van der Waals surface area (Å²) in [6, 6.07) is 14.1. The number of anilines is 3. The number of ether oxygens (including phenoxy) is 1. The molecule has 5 rings (SSSR count). The minimum atomic E-state index is -0.617. The van der Waals surface area contributed by atoms with E-state index in [0.717, 1.165) is 17.4 Å². The molecule has 0 unspecified atom stereocenters. The van der Waals surface area contributed by atoms with Crippen molar-refractivity contribution in [1.82, 2.24) is 19.7 Å². The predicted octanol–water partition coefficient (Wildman–Crippen LogP) is 4.25. The zero-order valence-corrected chi connectivity index (χ0v) is 17.8. The van der Waals surface area contributed by atoms with Crippen molar-refractivity contribution < 1.29 is 13.5 Å². The topological polar surface area (TPSA) is 68.1 Å². The Morgan fingerprint density at radius 1 is 1.03 bits per heavy atom. The van der Waals surface area contributed by atoms with Gasteiger partial charge in [0.25, 0.3) is 0 Å². The highest BCUT2D eigenvalue weighted by Crippen LogP contribution is 2.28. The van der Waals surface area contributed by atoms with Gasteiger partial charge >= 0.3 is 0 Å². The molecule has 0 aliphatic carbocycles. The summed E-state index contributed by atoms with van der Waals surface area (Å²) >= 11 is 0. The summed E-state index contributed by atoms with van der Waals surface area (Å²) < 4.78 is 36.2. The third-order valence-corrected chi connectivity index (χ3v) is 5.39. The van der Waals surface area contributed by atoms with Crippen LogP contribution in [0.2, 0.25) is 0 Å². The first-order valence-corrected chi connectivity index (χ1v) is 10.6. The van der Waals surface area contributed by atoms with Gasteiger partial charge in [-0.15, -0.1) is 0 Å². The molecule has 1 N–H and O–H groups in total. The van der Waals surface area contributed by atoms with E-state index in [4.69, 9.17) is 4.74 Å². The van der Waals surface area contributed by atoms with E-state index >= 15 is 0 Å². The van der Waals surface area contributed by atoms with E-state index < -0.39 is 11.6 Å². The summed E-state index contributed by atoms with van der Waals surface area (Å²) in [6.45, 7) is 3.11. The summed E-state index contributed by atoms with van der Waals surface area (Å²) in [7, 11) is 0. The zero-order chi connectivity index (χ0) is 22.6. The van der Waals surface area contributed by atoms with Crippen molar-refractivity contribution in [2.24, 2.45) is 0 Å². The predicted molar refractivity (Wildman–Crippen MR) is 121 cm³/mol. The normalized spacial score (nSPS) is 13.8. The fraction of sp³-hybridized carbons (Fsp3) is 0.208. The Hall–Kier alpha value is -3.85. The van der Waals surface area contributed by atoms with Gasteiger partial charge in [-0.1, -0.05) is 12.1 Å². The molecule has 0 spiro atoms. The third-order valence-electron chi connectivity index (χ3n) is 5.39. The van der Waals surface area contributed by atoms with Gasteiger partial charge in [0.05, 0.1) is 26.0 Å². The van der Waals surface area contributed by atoms with E-state index in [0.29, 0.717) is 44.1 Å². The monoisotopic (exact) mass is 448 g/mol. The van der Waals surface area contributed by atoms with Crippen LogP contribution in [0.5, 0.6) is 0 Å². The molecule has 33 heavy (non-hydrogen) atoms. The van der Waals surface area contributed by atoms with Crippen molar-refractivity contribution in [3.8, 4) is 11.3 Å². The lowest BCUT2D eigenvalue weighted by molar-refractivity contribution is 0.122. The van der Waals surface area contributed by atoms with Gasteiger partial charge in [-0.05, 0) is 42.0 Å². The van der Waals surface area contributed by atoms with Gasteiger partial charge in [0.2, 0.25) is 5.95 Å². The number of hydrogen-bond acceptors (Lipinski definition) is 6. The number of hydrogen-bond donors (Lipinski definition) is 1. The first-order valence-electron chi connectivity index (χ1n) is 10.6. The molecule has 1 aliphatic rings. The van der Waals surface area contributed by atoms with Crippen LogP contribution in [-0.4, -0.2) is 46.1 Å². The summed E-state index contributed by atoms with van der Waals surface area (Å²) in [5, 5.41) is 7.29. The van der Waals surface area contributed by atoms with Crippen LogP contribution in [0.25, 0.3) is 11.3 Å². The van der Waals surface area contributed by atoms with Crippen molar-refractivity contribution in [2.75, 3.05) is 36.5 Å². The first-order chi connectivity index (χ1) is 16.1. The maximum Gasteiger partial charge on any atom is 0.227 e. The number of morpholine rings is 1. The largest absolute Gasteiger partial charge is 0.378 e. The van der Waals surface area contributed by atoms with Crippen LogP contribution >= 0.6 is 0 Å². The quantitative estimate of drug-likeness (QED) is 0.476. The SMILES string of the molecule is Fc1cc(-c2nc(Nc3ccc(Cn4cccn4)cc3)ncc2F)cc(N2CCOCC2)c1. The molecule has 2 aromatic heterocycles. The van der Waals surface area contributed by atoms with Crippen LogP contribution in [0.4, 0.5) is 26.1 Å². The van der Waals surface area contributed by atoms with Gasteiger partial charge in [0.1, 0.15) is 11.5 Å². The molecule has 168 valence electrons. The molecule has 7 nitrogen and oxygen atoms in total. The number of rotatable bonds is 6. The lowest BCUT2D eigenvalue weighted by Crippen LogP contribution is -2.36. The fourth-order valence-electron chi connectivity index (χ4n) is 3.75. The van der Waals surface area contributed by atoms with Gasteiger partial charge in [-0.3, -0.25) is 4.68 Å². The average molecular weight is 448 g/mol. The highest BCUT2D eigenvalue weighted by atomic mass is 19.1. The molecule has 4 aromatic rings. The van der Waals surface area contributed by atoms with Crippen molar-refractivity contribution in [1.29, 1.82) is 0 Å². The fourth-order valence-corrected chi connectivity index (χ4v) is 3.75. The third kappa shape index (κ3) is 4.98. The molecule has 3 heterocycles. The van der Waals surface area contributed by atoms with Crippen LogP contribution in [0.1, 0.15) is 5.56 Å². The van der Waals surface area contributed by atoms with Crippen molar-refractivity contribution >= 4 is 17.3 Å². The standard InChI is InChI=1S/C24H22F2N6O/c25-19-12-18(13-21(14-19)31-8-10-33-11-9-31)23-22(26)15-27-24(30-23)29-20-4-2-17(3-5-20)16-32-7-1-6-28-32/h1-7,12-15H,8-11,16H2,(H,27,29,30). The molecule has 0 saturated carbocycles. The molecular weight excluding hydrogens is 426 g/mol.